The molecule has 1 aliphatic heterocycles. The molecule has 0 atom stereocenters. The molecule has 0 amide bonds. The fraction of sp³-hybridized carbons (Fsp3) is 0.333. The highest BCUT2D eigenvalue weighted by molar-refractivity contribution is 5.98. The molecule has 0 bridgehead atoms. The zero-order chi connectivity index (χ0) is 33.7. The van der Waals surface area contributed by atoms with Crippen molar-refractivity contribution in [2.75, 3.05) is 39.8 Å². The van der Waals surface area contributed by atoms with Gasteiger partial charge in [-0.15, -0.1) is 0 Å². The van der Waals surface area contributed by atoms with Crippen molar-refractivity contribution in [3.8, 4) is 28.0 Å². The van der Waals surface area contributed by atoms with Gasteiger partial charge in [-0.3, -0.25) is 14.9 Å². The third-order valence-corrected chi connectivity index (χ3v) is 8.72. The van der Waals surface area contributed by atoms with E-state index in [1.165, 1.54) is 33.0 Å². The lowest BCUT2D eigenvalue weighted by atomic mass is 9.98. The lowest BCUT2D eigenvalue weighted by Gasteiger charge is -2.32. The van der Waals surface area contributed by atoms with Crippen LogP contribution < -0.4 is 4.74 Å². The predicted octanol–water partition coefficient (Wildman–Crippen LogP) is 9.17. The number of nitrogens with zero attached hydrogens (tertiary/aromatic N) is 4. The second kappa shape index (κ2) is 14.7. The number of H-pyrrole nitrogens is 1. The number of aromatic amines is 1. The number of piperazine rings is 1. The number of hydrogen-bond acceptors (Lipinski definition) is 5. The van der Waals surface area contributed by atoms with Gasteiger partial charge in [0.2, 0.25) is 0 Å². The smallest absolute Gasteiger partial charge is 0.127 e. The van der Waals surface area contributed by atoms with Crippen LogP contribution in [0.5, 0.6) is 5.75 Å². The molecule has 0 spiro atoms. The van der Waals surface area contributed by atoms with Crippen LogP contribution in [-0.2, 0) is 13.0 Å². The van der Waals surface area contributed by atoms with Crippen molar-refractivity contribution < 1.29 is 4.74 Å². The highest BCUT2D eigenvalue weighted by atomic mass is 16.5. The second-order valence-corrected chi connectivity index (χ2v) is 14.7. The molecule has 248 valence electrons. The number of nitrogens with one attached hydrogen (secondary N) is 1. The Morgan fingerprint density at radius 1 is 0.771 bits per heavy atom. The van der Waals surface area contributed by atoms with Crippen LogP contribution in [0.1, 0.15) is 44.4 Å². The molecule has 48 heavy (non-hydrogen) atoms. The molecule has 0 aliphatic carbocycles. The van der Waals surface area contributed by atoms with Crippen LogP contribution in [0.4, 0.5) is 0 Å². The average molecular weight is 640 g/mol. The molecule has 3 aromatic heterocycles. The second-order valence-electron chi connectivity index (χ2n) is 14.7. The topological polar surface area (TPSA) is 57.3 Å². The largest absolute Gasteiger partial charge is 0.493 e. The van der Waals surface area contributed by atoms with E-state index in [9.17, 15) is 0 Å². The third kappa shape index (κ3) is 8.30. The zero-order valence-corrected chi connectivity index (χ0v) is 29.4. The first-order valence-corrected chi connectivity index (χ1v) is 17.1. The van der Waals surface area contributed by atoms with E-state index in [4.69, 9.17) is 4.74 Å². The lowest BCUT2D eigenvalue weighted by molar-refractivity contribution is 0.148. The van der Waals surface area contributed by atoms with Crippen LogP contribution in [0, 0.1) is 12.3 Å². The van der Waals surface area contributed by atoms with Crippen LogP contribution in [0.2, 0.25) is 0 Å². The number of ether oxygens (including phenoxy) is 1. The third-order valence-electron chi connectivity index (χ3n) is 8.72. The Labute approximate surface area is 285 Å². The fourth-order valence-corrected chi connectivity index (χ4v) is 6.17. The van der Waals surface area contributed by atoms with Crippen molar-refractivity contribution in [3.63, 3.8) is 0 Å². The number of rotatable bonds is 8. The predicted molar refractivity (Wildman–Crippen MR) is 201 cm³/mol. The van der Waals surface area contributed by atoms with E-state index in [1.54, 1.807) is 0 Å². The van der Waals surface area contributed by atoms with Gasteiger partial charge >= 0.3 is 0 Å². The fourth-order valence-electron chi connectivity index (χ4n) is 6.17. The van der Waals surface area contributed by atoms with Gasteiger partial charge < -0.3 is 14.6 Å². The number of aryl methyl sites for hydroxylation is 1. The average Bonchev–Trinajstić information content (AvgIpc) is 3.51. The first-order chi connectivity index (χ1) is 23.1. The number of likely N-dealkylation sites (N-methyl/N-ethyl adjacent to an activating group) is 1. The number of pyridine rings is 2. The normalized spacial score (nSPS) is 14.2. The van der Waals surface area contributed by atoms with Gasteiger partial charge in [-0.1, -0.05) is 82.3 Å². The SMILES string of the molecule is CC(C)(C)C.Cc1cncc2c(-c3ccc(CN4CCN(C)CC4)cc3OCCc3ccc(-c4cccc5ccncc45)cc3)c[nH]c12. The van der Waals surface area contributed by atoms with E-state index in [1.807, 2.05) is 24.8 Å². The summed E-state index contributed by atoms with van der Waals surface area (Å²) < 4.78 is 6.59. The van der Waals surface area contributed by atoms with E-state index in [0.29, 0.717) is 12.0 Å². The maximum Gasteiger partial charge on any atom is 0.127 e. The first-order valence-electron chi connectivity index (χ1n) is 17.1. The van der Waals surface area contributed by atoms with Crippen molar-refractivity contribution in [3.05, 3.63) is 114 Å². The Morgan fingerprint density at radius 3 is 2.27 bits per heavy atom. The van der Waals surface area contributed by atoms with Crippen LogP contribution in [-0.4, -0.2) is 64.6 Å². The minimum Gasteiger partial charge on any atom is -0.493 e. The maximum absolute atomic E-state index is 6.59. The summed E-state index contributed by atoms with van der Waals surface area (Å²) in [5, 5.41) is 3.50. The number of aromatic nitrogens is 3. The summed E-state index contributed by atoms with van der Waals surface area (Å²) in [6.07, 6.45) is 10.6. The molecule has 6 nitrogen and oxygen atoms in total. The van der Waals surface area contributed by atoms with Crippen molar-refractivity contribution in [1.82, 2.24) is 24.8 Å². The Balaban J connectivity index is 0.000000749. The minimum atomic E-state index is 0.500. The van der Waals surface area contributed by atoms with Crippen molar-refractivity contribution in [1.29, 1.82) is 0 Å². The molecule has 3 aromatic carbocycles. The summed E-state index contributed by atoms with van der Waals surface area (Å²) in [5.41, 5.74) is 9.93. The molecule has 1 fully saturated rings. The van der Waals surface area contributed by atoms with Crippen LogP contribution in [0.25, 0.3) is 43.9 Å². The van der Waals surface area contributed by atoms with E-state index in [0.717, 1.165) is 72.5 Å². The van der Waals surface area contributed by atoms with Gasteiger partial charge in [0, 0.05) is 92.0 Å². The Bertz CT molecular complexity index is 1950. The summed E-state index contributed by atoms with van der Waals surface area (Å²) in [4.78, 5) is 17.2. The van der Waals surface area contributed by atoms with E-state index in [-0.39, 0.29) is 0 Å². The molecule has 4 heterocycles. The molecule has 1 N–H and O–H groups in total. The molecule has 1 saturated heterocycles. The summed E-state index contributed by atoms with van der Waals surface area (Å²) in [6.45, 7) is 16.8. The molecule has 0 saturated carbocycles. The molecule has 0 unspecified atom stereocenters. The van der Waals surface area contributed by atoms with E-state index in [2.05, 4.69) is 139 Å². The Kier molecular flexibility index (Phi) is 10.2. The monoisotopic (exact) mass is 639 g/mol. The summed E-state index contributed by atoms with van der Waals surface area (Å²) in [7, 11) is 2.20. The Morgan fingerprint density at radius 2 is 1.50 bits per heavy atom. The van der Waals surface area contributed by atoms with E-state index >= 15 is 0 Å². The highest BCUT2D eigenvalue weighted by Crippen LogP contribution is 2.37. The lowest BCUT2D eigenvalue weighted by Crippen LogP contribution is -2.43. The molecular formula is C42H49N5O. The number of benzene rings is 3. The molecule has 7 rings (SSSR count). The number of fused-ring (bicyclic) bond motifs is 2. The highest BCUT2D eigenvalue weighted by Gasteiger charge is 2.17. The van der Waals surface area contributed by atoms with Crippen LogP contribution in [0.3, 0.4) is 0 Å². The molecule has 0 radical (unpaired) electrons. The van der Waals surface area contributed by atoms with Gasteiger partial charge in [-0.25, -0.2) is 0 Å². The standard InChI is InChI=1S/C37H37N5O.C5H12/c1-26-21-39-23-35-34(24-40-37(26)35)32-11-8-28(25-42-17-15-41(2)16-18-42)20-36(32)43-19-13-27-6-9-30(10-7-27)31-5-3-4-29-12-14-38-22-33(29)31;1-5(2,3)4/h3-12,14,20-24,40H,13,15-19,25H2,1-2H3;1-4H3. The first kappa shape index (κ1) is 33.4. The Hall–Kier alpha value is -4.52. The van der Waals surface area contributed by atoms with Gasteiger partial charge in [0.05, 0.1) is 12.1 Å². The molecular weight excluding hydrogens is 590 g/mol. The summed E-state index contributed by atoms with van der Waals surface area (Å²) in [6, 6.07) is 24.0. The molecule has 1 aliphatic rings. The minimum absolute atomic E-state index is 0.500. The summed E-state index contributed by atoms with van der Waals surface area (Å²) in [5.74, 6) is 0.925. The zero-order valence-electron chi connectivity index (χ0n) is 29.4. The summed E-state index contributed by atoms with van der Waals surface area (Å²) >= 11 is 0. The van der Waals surface area contributed by atoms with Gasteiger partial charge in [-0.05, 0) is 64.7 Å². The van der Waals surface area contributed by atoms with Gasteiger partial charge in [0.1, 0.15) is 5.75 Å². The maximum atomic E-state index is 6.59. The quantitative estimate of drug-likeness (QED) is 0.180. The molecule has 6 heteroatoms. The van der Waals surface area contributed by atoms with E-state index < -0.39 is 0 Å². The van der Waals surface area contributed by atoms with Gasteiger partial charge in [0.25, 0.3) is 0 Å². The van der Waals surface area contributed by atoms with Crippen LogP contribution in [0.15, 0.2) is 97.7 Å². The van der Waals surface area contributed by atoms with Crippen LogP contribution >= 0.6 is 0 Å². The van der Waals surface area contributed by atoms with Gasteiger partial charge in [0.15, 0.2) is 0 Å². The van der Waals surface area contributed by atoms with Crippen molar-refractivity contribution in [2.45, 2.75) is 47.6 Å². The van der Waals surface area contributed by atoms with Gasteiger partial charge in [-0.2, -0.15) is 0 Å². The van der Waals surface area contributed by atoms with Crippen molar-refractivity contribution in [2.24, 2.45) is 5.41 Å². The molecule has 6 aromatic rings. The van der Waals surface area contributed by atoms with Crippen molar-refractivity contribution >= 4 is 21.7 Å². The number of hydrogen-bond donors (Lipinski definition) is 1.